The minimum Gasteiger partial charge on any atom is -0.394 e. The van der Waals surface area contributed by atoms with Crippen LogP contribution >= 0.6 is 0 Å². The largest absolute Gasteiger partial charge is 0.394 e. The van der Waals surface area contributed by atoms with Crippen molar-refractivity contribution >= 4 is 6.29 Å². The van der Waals surface area contributed by atoms with E-state index in [2.05, 4.69) is 5.92 Å². The maximum absolute atomic E-state index is 10.5. The number of rotatable bonds is 7. The molecule has 0 bridgehead atoms. The first kappa shape index (κ1) is 14.0. The predicted octanol–water partition coefficient (Wildman–Crippen LogP) is -2.72. The summed E-state index contributed by atoms with van der Waals surface area (Å²) in [6, 6.07) is 0. The van der Waals surface area contributed by atoms with Crippen molar-refractivity contribution in [3.63, 3.8) is 0 Å². The van der Waals surface area contributed by atoms with E-state index in [9.17, 15) is 15.0 Å². The van der Waals surface area contributed by atoms with E-state index in [1.165, 1.54) is 0 Å². The van der Waals surface area contributed by atoms with Crippen LogP contribution in [0.1, 0.15) is 0 Å². The van der Waals surface area contributed by atoms with Crippen molar-refractivity contribution in [2.24, 2.45) is 0 Å². The standard InChI is InChI=1S/C9H14O6/c1-2-3-15-7(5-11)9(14)8(13)6(12)4-10/h1,5-10,12-14H,3-4H2/t6-,7+,8+,9-/m1/s1. The van der Waals surface area contributed by atoms with Crippen LogP contribution in [0.5, 0.6) is 0 Å². The van der Waals surface area contributed by atoms with Crippen LogP contribution in [0.15, 0.2) is 0 Å². The molecule has 0 aliphatic carbocycles. The minimum absolute atomic E-state index is 0.206. The highest BCUT2D eigenvalue weighted by Crippen LogP contribution is 2.06. The van der Waals surface area contributed by atoms with Gasteiger partial charge in [-0.05, 0) is 0 Å². The molecule has 0 heterocycles. The lowest BCUT2D eigenvalue weighted by Gasteiger charge is -2.25. The highest BCUT2D eigenvalue weighted by Gasteiger charge is 2.31. The van der Waals surface area contributed by atoms with E-state index in [0.29, 0.717) is 0 Å². The number of carbonyl (C=O) groups is 1. The number of ether oxygens (including phenoxy) is 1. The van der Waals surface area contributed by atoms with Crippen molar-refractivity contribution < 1.29 is 30.0 Å². The molecular weight excluding hydrogens is 204 g/mol. The second-order valence-corrected chi connectivity index (χ2v) is 2.85. The fourth-order valence-corrected chi connectivity index (χ4v) is 0.893. The smallest absolute Gasteiger partial charge is 0.151 e. The first-order valence-corrected chi connectivity index (χ1v) is 4.23. The molecule has 0 radical (unpaired) electrons. The van der Waals surface area contributed by atoms with E-state index in [4.69, 9.17) is 21.4 Å². The van der Waals surface area contributed by atoms with Crippen LogP contribution in [-0.4, -0.2) is 64.3 Å². The van der Waals surface area contributed by atoms with E-state index < -0.39 is 31.0 Å². The molecule has 0 unspecified atom stereocenters. The molecule has 0 aromatic carbocycles. The first-order chi connectivity index (χ1) is 7.08. The fraction of sp³-hybridized carbons (Fsp3) is 0.667. The third kappa shape index (κ3) is 4.38. The lowest BCUT2D eigenvalue weighted by Crippen LogP contribution is -2.47. The number of hydrogen-bond donors (Lipinski definition) is 4. The molecule has 6 heteroatoms. The average molecular weight is 218 g/mol. The van der Waals surface area contributed by atoms with E-state index in [1.807, 2.05) is 0 Å². The maximum Gasteiger partial charge on any atom is 0.151 e. The summed E-state index contributed by atoms with van der Waals surface area (Å²) in [7, 11) is 0. The average Bonchev–Trinajstić information content (AvgIpc) is 2.27. The summed E-state index contributed by atoms with van der Waals surface area (Å²) in [6.45, 7) is -0.943. The van der Waals surface area contributed by atoms with Crippen LogP contribution in [0, 0.1) is 12.3 Å². The lowest BCUT2D eigenvalue weighted by molar-refractivity contribution is -0.143. The van der Waals surface area contributed by atoms with Gasteiger partial charge >= 0.3 is 0 Å². The Morgan fingerprint density at radius 1 is 1.33 bits per heavy atom. The van der Waals surface area contributed by atoms with Gasteiger partial charge in [0.15, 0.2) is 6.29 Å². The molecule has 6 nitrogen and oxygen atoms in total. The van der Waals surface area contributed by atoms with Crippen molar-refractivity contribution in [1.82, 2.24) is 0 Å². The second-order valence-electron chi connectivity index (χ2n) is 2.85. The normalized spacial score (nSPS) is 18.6. The van der Waals surface area contributed by atoms with Crippen LogP contribution in [0.4, 0.5) is 0 Å². The van der Waals surface area contributed by atoms with Gasteiger partial charge in [0.1, 0.15) is 31.0 Å². The molecule has 0 amide bonds. The highest BCUT2D eigenvalue weighted by molar-refractivity contribution is 5.57. The molecule has 86 valence electrons. The number of hydrogen-bond acceptors (Lipinski definition) is 6. The highest BCUT2D eigenvalue weighted by atomic mass is 16.5. The summed E-state index contributed by atoms with van der Waals surface area (Å²) >= 11 is 0. The number of aliphatic hydroxyl groups excluding tert-OH is 4. The van der Waals surface area contributed by atoms with Gasteiger partial charge in [-0.15, -0.1) is 6.42 Å². The Morgan fingerprint density at radius 2 is 1.93 bits per heavy atom. The van der Waals surface area contributed by atoms with Gasteiger partial charge in [-0.25, -0.2) is 0 Å². The third-order valence-corrected chi connectivity index (χ3v) is 1.76. The van der Waals surface area contributed by atoms with Gasteiger partial charge < -0.3 is 30.0 Å². The summed E-state index contributed by atoms with van der Waals surface area (Å²) in [4.78, 5) is 10.5. The van der Waals surface area contributed by atoms with Gasteiger partial charge in [-0.2, -0.15) is 0 Å². The van der Waals surface area contributed by atoms with Crippen molar-refractivity contribution in [3.05, 3.63) is 0 Å². The molecular formula is C9H14O6. The molecule has 4 atom stereocenters. The molecule has 0 aromatic heterocycles. The molecule has 0 aliphatic heterocycles. The molecule has 15 heavy (non-hydrogen) atoms. The molecule has 0 fully saturated rings. The van der Waals surface area contributed by atoms with Gasteiger partial charge in [0, 0.05) is 0 Å². The van der Waals surface area contributed by atoms with Crippen LogP contribution in [0.3, 0.4) is 0 Å². The third-order valence-electron chi connectivity index (χ3n) is 1.76. The Hall–Kier alpha value is -0.970. The van der Waals surface area contributed by atoms with Crippen LogP contribution in [0.2, 0.25) is 0 Å². The van der Waals surface area contributed by atoms with Crippen molar-refractivity contribution in [3.8, 4) is 12.3 Å². The number of carbonyl (C=O) groups excluding carboxylic acids is 1. The van der Waals surface area contributed by atoms with Crippen LogP contribution in [0.25, 0.3) is 0 Å². The molecule has 0 aromatic rings. The summed E-state index contributed by atoms with van der Waals surface area (Å²) in [5.74, 6) is 2.08. The van der Waals surface area contributed by atoms with Gasteiger partial charge in [-0.1, -0.05) is 5.92 Å². The zero-order valence-corrected chi connectivity index (χ0v) is 7.98. The van der Waals surface area contributed by atoms with E-state index in [-0.39, 0.29) is 12.9 Å². The van der Waals surface area contributed by atoms with Gasteiger partial charge in [0.25, 0.3) is 0 Å². The Labute approximate surface area is 87.1 Å². The molecule has 0 rings (SSSR count). The second kappa shape index (κ2) is 7.34. The van der Waals surface area contributed by atoms with Crippen molar-refractivity contribution in [2.45, 2.75) is 24.4 Å². The number of terminal acetylenes is 1. The fourth-order valence-electron chi connectivity index (χ4n) is 0.893. The lowest BCUT2D eigenvalue weighted by atomic mass is 10.0. The van der Waals surface area contributed by atoms with Gasteiger partial charge in [-0.3, -0.25) is 0 Å². The minimum atomic E-state index is -1.68. The molecule has 0 saturated heterocycles. The Bertz CT molecular complexity index is 223. The number of aldehydes is 1. The summed E-state index contributed by atoms with van der Waals surface area (Å²) in [5.41, 5.74) is 0. The monoisotopic (exact) mass is 218 g/mol. The Morgan fingerprint density at radius 3 is 2.33 bits per heavy atom. The van der Waals surface area contributed by atoms with E-state index in [0.717, 1.165) is 0 Å². The molecule has 0 saturated carbocycles. The van der Waals surface area contributed by atoms with Crippen LogP contribution in [-0.2, 0) is 9.53 Å². The number of aliphatic hydroxyl groups is 4. The quantitative estimate of drug-likeness (QED) is 0.273. The topological polar surface area (TPSA) is 107 Å². The SMILES string of the molecule is C#CCO[C@@H](C=O)[C@@H](O)[C@@H](O)[C@H](O)CO. The molecule has 4 N–H and O–H groups in total. The zero-order valence-electron chi connectivity index (χ0n) is 7.98. The van der Waals surface area contributed by atoms with Crippen LogP contribution < -0.4 is 0 Å². The van der Waals surface area contributed by atoms with Crippen molar-refractivity contribution in [1.29, 1.82) is 0 Å². The summed E-state index contributed by atoms with van der Waals surface area (Å²) in [6.07, 6.45) is -1.07. The summed E-state index contributed by atoms with van der Waals surface area (Å²) in [5, 5.41) is 36.1. The molecule has 0 aliphatic rings. The first-order valence-electron chi connectivity index (χ1n) is 4.23. The van der Waals surface area contributed by atoms with Gasteiger partial charge in [0.2, 0.25) is 0 Å². The Kier molecular flexibility index (Phi) is 6.86. The Balaban J connectivity index is 4.30. The van der Waals surface area contributed by atoms with Gasteiger partial charge in [0.05, 0.1) is 6.61 Å². The summed E-state index contributed by atoms with van der Waals surface area (Å²) < 4.78 is 4.71. The maximum atomic E-state index is 10.5. The molecule has 0 spiro atoms. The van der Waals surface area contributed by atoms with E-state index >= 15 is 0 Å². The van der Waals surface area contributed by atoms with E-state index in [1.54, 1.807) is 0 Å². The van der Waals surface area contributed by atoms with Crippen molar-refractivity contribution in [2.75, 3.05) is 13.2 Å². The zero-order chi connectivity index (χ0) is 11.8. The predicted molar refractivity (Wildman–Crippen MR) is 49.7 cm³/mol.